The maximum absolute atomic E-state index is 12.0. The number of nitrogens with one attached hydrogen (secondary N) is 1. The smallest absolute Gasteiger partial charge is 0.234 e. The lowest BCUT2D eigenvalue weighted by atomic mass is 10.1. The summed E-state index contributed by atoms with van der Waals surface area (Å²) >= 11 is 0. The number of sulfonamides is 1. The van der Waals surface area contributed by atoms with Gasteiger partial charge in [-0.3, -0.25) is 0 Å². The Labute approximate surface area is 116 Å². The molecule has 0 aliphatic rings. The second-order valence-electron chi connectivity index (χ2n) is 5.48. The second kappa shape index (κ2) is 6.32. The Balaban J connectivity index is 2.74. The van der Waals surface area contributed by atoms with Crippen LogP contribution in [0.25, 0.3) is 6.08 Å². The molecular formula is C14H22N2O2S. The number of nitrogens with zero attached hydrogens (tertiary/aromatic N) is 1. The van der Waals surface area contributed by atoms with Crippen molar-refractivity contribution >= 4 is 16.1 Å². The highest BCUT2D eigenvalue weighted by molar-refractivity contribution is 7.92. The van der Waals surface area contributed by atoms with Gasteiger partial charge in [0.1, 0.15) is 0 Å². The molecule has 0 bridgehead atoms. The minimum Gasteiger partial charge on any atom is -0.308 e. The van der Waals surface area contributed by atoms with Gasteiger partial charge in [-0.2, -0.15) is 0 Å². The zero-order chi connectivity index (χ0) is 14.5. The summed E-state index contributed by atoms with van der Waals surface area (Å²) in [5, 5.41) is 1.21. The van der Waals surface area contributed by atoms with Gasteiger partial charge < -0.3 is 4.90 Å². The van der Waals surface area contributed by atoms with Gasteiger partial charge in [-0.05, 0) is 39.6 Å². The Morgan fingerprint density at radius 3 is 2.32 bits per heavy atom. The third-order valence-electron chi connectivity index (χ3n) is 2.37. The molecule has 0 aromatic heterocycles. The van der Waals surface area contributed by atoms with Gasteiger partial charge in [0.2, 0.25) is 10.0 Å². The molecule has 1 aromatic carbocycles. The average molecular weight is 282 g/mol. The Morgan fingerprint density at radius 1 is 1.21 bits per heavy atom. The second-order valence-corrected chi connectivity index (χ2v) is 7.05. The predicted molar refractivity (Wildman–Crippen MR) is 80.2 cm³/mol. The number of rotatable bonds is 6. The minimum absolute atomic E-state index is 0.511. The molecule has 0 spiro atoms. The highest BCUT2D eigenvalue weighted by atomic mass is 32.2. The molecule has 1 rings (SSSR count). The molecule has 0 fully saturated rings. The maximum atomic E-state index is 12.0. The zero-order valence-electron chi connectivity index (χ0n) is 11.9. The third-order valence-corrected chi connectivity index (χ3v) is 3.70. The van der Waals surface area contributed by atoms with Crippen molar-refractivity contribution < 1.29 is 8.42 Å². The van der Waals surface area contributed by atoms with Crippen LogP contribution in [0.5, 0.6) is 0 Å². The van der Waals surface area contributed by atoms with Crippen molar-refractivity contribution in [2.24, 2.45) is 0 Å². The first-order chi connectivity index (χ1) is 8.70. The first-order valence-electron chi connectivity index (χ1n) is 6.12. The lowest BCUT2D eigenvalue weighted by molar-refractivity contribution is 0.299. The summed E-state index contributed by atoms with van der Waals surface area (Å²) in [6, 6.07) is 9.35. The summed E-state index contributed by atoms with van der Waals surface area (Å²) in [5.74, 6) is 0. The number of benzene rings is 1. The monoisotopic (exact) mass is 282 g/mol. The van der Waals surface area contributed by atoms with Crippen LogP contribution in [0.2, 0.25) is 0 Å². The molecule has 0 saturated carbocycles. The van der Waals surface area contributed by atoms with Crippen LogP contribution in [0.4, 0.5) is 0 Å². The molecule has 0 aliphatic carbocycles. The average Bonchev–Trinajstić information content (AvgIpc) is 2.24. The summed E-state index contributed by atoms with van der Waals surface area (Å²) in [4.78, 5) is 1.95. The quantitative estimate of drug-likeness (QED) is 0.867. The van der Waals surface area contributed by atoms with Crippen molar-refractivity contribution in [3.05, 3.63) is 41.3 Å². The van der Waals surface area contributed by atoms with Crippen LogP contribution in [0, 0.1) is 0 Å². The van der Waals surface area contributed by atoms with E-state index in [1.165, 1.54) is 5.41 Å². The number of hydrogen-bond acceptors (Lipinski definition) is 3. The van der Waals surface area contributed by atoms with Gasteiger partial charge in [-0.25, -0.2) is 13.1 Å². The molecule has 1 N–H and O–H groups in total. The van der Waals surface area contributed by atoms with Gasteiger partial charge in [0.15, 0.2) is 0 Å². The summed E-state index contributed by atoms with van der Waals surface area (Å²) < 4.78 is 26.6. The topological polar surface area (TPSA) is 49.4 Å². The molecule has 0 saturated heterocycles. The van der Waals surface area contributed by atoms with Crippen LogP contribution in [-0.2, 0) is 10.0 Å². The molecule has 1 aromatic rings. The minimum atomic E-state index is -3.44. The fourth-order valence-corrected chi connectivity index (χ4v) is 3.21. The van der Waals surface area contributed by atoms with Crippen LogP contribution < -0.4 is 4.72 Å². The summed E-state index contributed by atoms with van der Waals surface area (Å²) in [6.45, 7) is 4.35. The molecule has 0 amide bonds. The van der Waals surface area contributed by atoms with Gasteiger partial charge in [0, 0.05) is 17.5 Å². The fraction of sp³-hybridized carbons (Fsp3) is 0.429. The van der Waals surface area contributed by atoms with Gasteiger partial charge >= 0.3 is 0 Å². The van der Waals surface area contributed by atoms with E-state index in [0.717, 1.165) is 5.56 Å². The fourth-order valence-electron chi connectivity index (χ4n) is 1.97. The molecule has 0 atom stereocenters. The van der Waals surface area contributed by atoms with Gasteiger partial charge in [-0.1, -0.05) is 30.3 Å². The lowest BCUT2D eigenvalue weighted by Crippen LogP contribution is -2.49. The molecule has 4 nitrogen and oxygen atoms in total. The number of hydrogen-bond donors (Lipinski definition) is 1. The predicted octanol–water partition coefficient (Wildman–Crippen LogP) is 1.92. The van der Waals surface area contributed by atoms with E-state index in [0.29, 0.717) is 6.54 Å². The van der Waals surface area contributed by atoms with Crippen molar-refractivity contribution in [3.63, 3.8) is 0 Å². The normalized spacial score (nSPS) is 13.3. The summed E-state index contributed by atoms with van der Waals surface area (Å²) in [6.07, 6.45) is 1.59. The molecule has 19 heavy (non-hydrogen) atoms. The molecule has 0 radical (unpaired) electrons. The van der Waals surface area contributed by atoms with Crippen molar-refractivity contribution in [1.82, 2.24) is 9.62 Å². The van der Waals surface area contributed by atoms with Crippen molar-refractivity contribution in [2.45, 2.75) is 19.4 Å². The van der Waals surface area contributed by atoms with E-state index in [1.54, 1.807) is 6.08 Å². The Bertz CT molecular complexity index is 520. The van der Waals surface area contributed by atoms with E-state index in [4.69, 9.17) is 0 Å². The largest absolute Gasteiger partial charge is 0.308 e. The van der Waals surface area contributed by atoms with Crippen LogP contribution in [0.3, 0.4) is 0 Å². The standard InChI is InChI=1S/C14H22N2O2S/c1-14(2,12-16(3)4)15-19(17,18)11-10-13-8-6-5-7-9-13/h5-11,15H,12H2,1-4H3/b11-10+. The molecule has 106 valence electrons. The van der Waals surface area contributed by atoms with Crippen molar-refractivity contribution in [3.8, 4) is 0 Å². The van der Waals surface area contributed by atoms with Crippen molar-refractivity contribution in [2.75, 3.05) is 20.6 Å². The summed E-state index contributed by atoms with van der Waals surface area (Å²) in [5.41, 5.74) is 0.349. The van der Waals surface area contributed by atoms with E-state index < -0.39 is 15.6 Å². The van der Waals surface area contributed by atoms with Crippen LogP contribution in [-0.4, -0.2) is 39.5 Å². The van der Waals surface area contributed by atoms with E-state index in [1.807, 2.05) is 63.2 Å². The van der Waals surface area contributed by atoms with Crippen LogP contribution >= 0.6 is 0 Å². The van der Waals surface area contributed by atoms with E-state index in [2.05, 4.69) is 4.72 Å². The highest BCUT2D eigenvalue weighted by Crippen LogP contribution is 2.08. The highest BCUT2D eigenvalue weighted by Gasteiger charge is 2.23. The number of likely N-dealkylation sites (N-methyl/N-ethyl adjacent to an activating group) is 1. The first-order valence-corrected chi connectivity index (χ1v) is 7.67. The van der Waals surface area contributed by atoms with E-state index in [-0.39, 0.29) is 0 Å². The van der Waals surface area contributed by atoms with Gasteiger partial charge in [-0.15, -0.1) is 0 Å². The molecular weight excluding hydrogens is 260 g/mol. The molecule has 5 heteroatoms. The Hall–Kier alpha value is -1.17. The summed E-state index contributed by atoms with van der Waals surface area (Å²) in [7, 11) is 0.385. The lowest BCUT2D eigenvalue weighted by Gasteiger charge is -2.28. The molecule has 0 aliphatic heterocycles. The zero-order valence-corrected chi connectivity index (χ0v) is 12.7. The van der Waals surface area contributed by atoms with Crippen LogP contribution in [0.15, 0.2) is 35.7 Å². The Morgan fingerprint density at radius 2 is 1.79 bits per heavy atom. The van der Waals surface area contributed by atoms with E-state index >= 15 is 0 Å². The third kappa shape index (κ3) is 6.52. The van der Waals surface area contributed by atoms with E-state index in [9.17, 15) is 8.42 Å². The SMILES string of the molecule is CN(C)CC(C)(C)NS(=O)(=O)/C=C/c1ccccc1. The van der Waals surface area contributed by atoms with Gasteiger partial charge in [0.25, 0.3) is 0 Å². The Kier molecular flexibility index (Phi) is 5.29. The van der Waals surface area contributed by atoms with Crippen molar-refractivity contribution in [1.29, 1.82) is 0 Å². The first kappa shape index (κ1) is 15.9. The molecule has 0 unspecified atom stereocenters. The van der Waals surface area contributed by atoms with Crippen LogP contribution in [0.1, 0.15) is 19.4 Å². The van der Waals surface area contributed by atoms with Gasteiger partial charge in [0.05, 0.1) is 0 Å². The molecule has 0 heterocycles. The maximum Gasteiger partial charge on any atom is 0.234 e.